The summed E-state index contributed by atoms with van der Waals surface area (Å²) in [5, 5.41) is 14.5. The van der Waals surface area contributed by atoms with Crippen LogP contribution in [0.2, 0.25) is 0 Å². The summed E-state index contributed by atoms with van der Waals surface area (Å²) in [6, 6.07) is 0. The van der Waals surface area contributed by atoms with Gasteiger partial charge in [-0.1, -0.05) is 5.16 Å². The molecule has 0 aliphatic heterocycles. The lowest BCUT2D eigenvalue weighted by Crippen LogP contribution is -2.46. The van der Waals surface area contributed by atoms with E-state index in [9.17, 15) is 4.79 Å². The minimum atomic E-state index is -1.03. The molecule has 0 spiro atoms. The van der Waals surface area contributed by atoms with Gasteiger partial charge in [0.1, 0.15) is 5.41 Å². The van der Waals surface area contributed by atoms with E-state index in [1.54, 1.807) is 20.9 Å². The quantitative estimate of drug-likeness (QED) is 0.372. The van der Waals surface area contributed by atoms with Crippen LogP contribution in [0.15, 0.2) is 10.5 Å². The molecule has 0 saturated heterocycles. The summed E-state index contributed by atoms with van der Waals surface area (Å²) in [4.78, 5) is 18.0. The van der Waals surface area contributed by atoms with Crippen molar-refractivity contribution in [1.82, 2.24) is 9.88 Å². The summed E-state index contributed by atoms with van der Waals surface area (Å²) >= 11 is 1.54. The first-order valence-electron chi connectivity index (χ1n) is 5.43. The van der Waals surface area contributed by atoms with Gasteiger partial charge in [0.05, 0.1) is 17.2 Å². The molecule has 100 valence electrons. The Labute approximate surface area is 110 Å². The summed E-state index contributed by atoms with van der Waals surface area (Å²) < 4.78 is 0. The Morgan fingerprint density at radius 1 is 1.67 bits per heavy atom. The van der Waals surface area contributed by atoms with Gasteiger partial charge in [-0.2, -0.15) is 0 Å². The molecule has 0 aliphatic carbocycles. The second kappa shape index (κ2) is 5.34. The topological polar surface area (TPSA) is 91.8 Å². The highest BCUT2D eigenvalue weighted by Crippen LogP contribution is 2.20. The maximum atomic E-state index is 12.2. The van der Waals surface area contributed by atoms with Crippen molar-refractivity contribution in [2.24, 2.45) is 16.3 Å². The monoisotopic (exact) mass is 270 g/mol. The summed E-state index contributed by atoms with van der Waals surface area (Å²) in [5.74, 6) is -0.322. The van der Waals surface area contributed by atoms with Gasteiger partial charge in [-0.15, -0.1) is 11.3 Å². The van der Waals surface area contributed by atoms with E-state index >= 15 is 0 Å². The Hall–Kier alpha value is -1.63. The zero-order chi connectivity index (χ0) is 13.9. The molecule has 6 nitrogen and oxygen atoms in total. The highest BCUT2D eigenvalue weighted by atomic mass is 32.1. The molecule has 1 aromatic heterocycles. The molecular formula is C11H18N4O2S. The van der Waals surface area contributed by atoms with Crippen LogP contribution in [0, 0.1) is 12.3 Å². The molecule has 0 fully saturated rings. The van der Waals surface area contributed by atoms with Gasteiger partial charge in [0.15, 0.2) is 5.84 Å². The molecule has 18 heavy (non-hydrogen) atoms. The van der Waals surface area contributed by atoms with E-state index in [4.69, 9.17) is 10.9 Å². The molecule has 0 radical (unpaired) electrons. The van der Waals surface area contributed by atoms with E-state index in [0.29, 0.717) is 6.54 Å². The second-order valence-corrected chi connectivity index (χ2v) is 5.69. The molecule has 1 heterocycles. The zero-order valence-corrected chi connectivity index (χ0v) is 11.8. The maximum absolute atomic E-state index is 12.2. The normalized spacial score (nSPS) is 12.6. The van der Waals surface area contributed by atoms with E-state index in [1.165, 1.54) is 16.2 Å². The number of nitrogens with two attached hydrogens (primary N) is 1. The van der Waals surface area contributed by atoms with Crippen LogP contribution < -0.4 is 5.73 Å². The van der Waals surface area contributed by atoms with E-state index in [2.05, 4.69) is 10.1 Å². The van der Waals surface area contributed by atoms with Gasteiger partial charge in [-0.3, -0.25) is 4.79 Å². The van der Waals surface area contributed by atoms with Gasteiger partial charge in [-0.25, -0.2) is 4.98 Å². The highest BCUT2D eigenvalue weighted by molar-refractivity contribution is 7.09. The van der Waals surface area contributed by atoms with Gasteiger partial charge >= 0.3 is 0 Å². The second-order valence-electron chi connectivity index (χ2n) is 4.63. The molecule has 0 aromatic carbocycles. The summed E-state index contributed by atoms with van der Waals surface area (Å²) in [7, 11) is 1.67. The number of thiazole rings is 1. The van der Waals surface area contributed by atoms with E-state index in [0.717, 1.165) is 10.7 Å². The van der Waals surface area contributed by atoms with Crippen molar-refractivity contribution in [3.05, 3.63) is 16.1 Å². The van der Waals surface area contributed by atoms with Crippen LogP contribution in [0.1, 0.15) is 24.5 Å². The first kappa shape index (κ1) is 14.4. The third-order valence-electron chi connectivity index (χ3n) is 2.70. The number of carbonyl (C=O) groups is 1. The number of carbonyl (C=O) groups excluding carboxylic acids is 1. The molecule has 3 N–H and O–H groups in total. The number of aromatic nitrogens is 1. The van der Waals surface area contributed by atoms with E-state index in [-0.39, 0.29) is 11.7 Å². The van der Waals surface area contributed by atoms with Gasteiger partial charge in [0, 0.05) is 12.4 Å². The predicted molar refractivity (Wildman–Crippen MR) is 70.5 cm³/mol. The first-order chi connectivity index (χ1) is 8.28. The summed E-state index contributed by atoms with van der Waals surface area (Å²) in [6.07, 6.45) is 0. The number of rotatable bonds is 4. The molecule has 1 amide bonds. The Balaban J connectivity index is 2.78. The molecule has 0 bridgehead atoms. The molecule has 7 heteroatoms. The van der Waals surface area contributed by atoms with Gasteiger partial charge < -0.3 is 15.8 Å². The van der Waals surface area contributed by atoms with Gasteiger partial charge in [-0.05, 0) is 20.8 Å². The fourth-order valence-electron chi connectivity index (χ4n) is 1.51. The molecule has 1 aromatic rings. The van der Waals surface area contributed by atoms with Crippen LogP contribution in [0.5, 0.6) is 0 Å². The van der Waals surface area contributed by atoms with Crippen molar-refractivity contribution < 1.29 is 10.0 Å². The van der Waals surface area contributed by atoms with Crippen LogP contribution in [-0.4, -0.2) is 33.9 Å². The van der Waals surface area contributed by atoms with Crippen molar-refractivity contribution in [3.63, 3.8) is 0 Å². The van der Waals surface area contributed by atoms with E-state index in [1.807, 2.05) is 12.3 Å². The van der Waals surface area contributed by atoms with Crippen LogP contribution in [0.4, 0.5) is 0 Å². The lowest BCUT2D eigenvalue weighted by Gasteiger charge is -2.27. The summed E-state index contributed by atoms with van der Waals surface area (Å²) in [5.41, 5.74) is 5.33. The standard InChI is InChI=1S/C11H18N4O2S/c1-7-13-8(6-18-7)5-15(4)10(16)11(2,3)9(12)14-17/h6,17H,5H2,1-4H3,(H2,12,14). The molecule has 0 unspecified atom stereocenters. The number of amidine groups is 1. The van der Waals surface area contributed by atoms with Crippen LogP contribution in [0.3, 0.4) is 0 Å². The van der Waals surface area contributed by atoms with Crippen molar-refractivity contribution in [1.29, 1.82) is 0 Å². The number of nitrogens with zero attached hydrogens (tertiary/aromatic N) is 3. The Bertz CT molecular complexity index is 467. The van der Waals surface area contributed by atoms with Crippen LogP contribution >= 0.6 is 11.3 Å². The molecule has 0 saturated carbocycles. The Kier molecular flexibility index (Phi) is 4.28. The Morgan fingerprint density at radius 3 is 2.72 bits per heavy atom. The zero-order valence-electron chi connectivity index (χ0n) is 11.0. The Morgan fingerprint density at radius 2 is 2.28 bits per heavy atom. The largest absolute Gasteiger partial charge is 0.409 e. The third kappa shape index (κ3) is 2.98. The van der Waals surface area contributed by atoms with E-state index < -0.39 is 5.41 Å². The minimum Gasteiger partial charge on any atom is -0.409 e. The van der Waals surface area contributed by atoms with Crippen LogP contribution in [0.25, 0.3) is 0 Å². The van der Waals surface area contributed by atoms with Crippen molar-refractivity contribution in [2.75, 3.05) is 7.05 Å². The maximum Gasteiger partial charge on any atom is 0.236 e. The smallest absolute Gasteiger partial charge is 0.236 e. The average molecular weight is 270 g/mol. The summed E-state index contributed by atoms with van der Waals surface area (Å²) in [6.45, 7) is 5.56. The molecular weight excluding hydrogens is 252 g/mol. The molecule has 1 rings (SSSR count). The van der Waals surface area contributed by atoms with Crippen molar-refractivity contribution >= 4 is 23.1 Å². The number of hydrogen-bond donors (Lipinski definition) is 2. The van der Waals surface area contributed by atoms with Gasteiger partial charge in [0.25, 0.3) is 0 Å². The lowest BCUT2D eigenvalue weighted by atomic mass is 9.90. The first-order valence-corrected chi connectivity index (χ1v) is 6.31. The fourth-order valence-corrected chi connectivity index (χ4v) is 2.11. The highest BCUT2D eigenvalue weighted by Gasteiger charge is 2.35. The predicted octanol–water partition coefficient (Wildman–Crippen LogP) is 1.18. The average Bonchev–Trinajstić information content (AvgIpc) is 2.72. The molecule has 0 atom stereocenters. The number of aryl methyl sites for hydroxylation is 1. The minimum absolute atomic E-state index is 0.103. The third-order valence-corrected chi connectivity index (χ3v) is 3.52. The lowest BCUT2D eigenvalue weighted by molar-refractivity contribution is -0.136. The SMILES string of the molecule is Cc1nc(CN(C)C(=O)C(C)(C)C(N)=NO)cs1. The number of hydrogen-bond acceptors (Lipinski definition) is 5. The fraction of sp³-hybridized carbons (Fsp3) is 0.545. The molecule has 0 aliphatic rings. The van der Waals surface area contributed by atoms with Crippen LogP contribution in [-0.2, 0) is 11.3 Å². The number of amides is 1. The van der Waals surface area contributed by atoms with Gasteiger partial charge in [0.2, 0.25) is 5.91 Å². The number of oxime groups is 1. The van der Waals surface area contributed by atoms with Crippen molar-refractivity contribution in [3.8, 4) is 0 Å². The van der Waals surface area contributed by atoms with Crippen molar-refractivity contribution in [2.45, 2.75) is 27.3 Å².